The smallest absolute Gasteiger partial charge is 0.330 e. The predicted octanol–water partition coefficient (Wildman–Crippen LogP) is 2.64. The molecule has 4 heteroatoms. The number of likely N-dealkylation sites (N-methyl/N-ethyl adjacent to an activating group) is 1. The van der Waals surface area contributed by atoms with E-state index in [1.54, 1.807) is 19.2 Å². The highest BCUT2D eigenvalue weighted by Gasteiger charge is 2.39. The van der Waals surface area contributed by atoms with Gasteiger partial charge in [0.1, 0.15) is 0 Å². The molecule has 0 amide bonds. The van der Waals surface area contributed by atoms with E-state index in [1.165, 1.54) is 0 Å². The predicted molar refractivity (Wildman–Crippen MR) is 79.7 cm³/mol. The first kappa shape index (κ1) is 16.7. The minimum atomic E-state index is -1.20. The fraction of sp³-hybridized carbons (Fsp3) is 0.562. The van der Waals surface area contributed by atoms with Crippen LogP contribution in [0.4, 0.5) is 0 Å². The van der Waals surface area contributed by atoms with E-state index < -0.39 is 11.5 Å². The van der Waals surface area contributed by atoms with E-state index >= 15 is 0 Å². The number of nitrogens with one attached hydrogen (secondary N) is 1. The van der Waals surface area contributed by atoms with Crippen molar-refractivity contribution in [3.63, 3.8) is 0 Å². The maximum Gasteiger partial charge on any atom is 0.330 e. The average Bonchev–Trinajstić information content (AvgIpc) is 2.40. The first-order valence-corrected chi connectivity index (χ1v) is 7.01. The van der Waals surface area contributed by atoms with Crippen molar-refractivity contribution in [1.82, 2.24) is 5.32 Å². The molecule has 0 fully saturated rings. The molecule has 2 unspecified atom stereocenters. The molecule has 0 aromatic heterocycles. The van der Waals surface area contributed by atoms with Crippen LogP contribution in [0.1, 0.15) is 32.8 Å². The molecule has 1 rings (SSSR count). The van der Waals surface area contributed by atoms with E-state index in [-0.39, 0.29) is 12.7 Å². The van der Waals surface area contributed by atoms with Crippen LogP contribution in [0, 0.1) is 5.92 Å². The van der Waals surface area contributed by atoms with Crippen LogP contribution in [0.5, 0.6) is 0 Å². The number of carbonyl (C=O) groups is 1. The Kier molecular flexibility index (Phi) is 6.17. The summed E-state index contributed by atoms with van der Waals surface area (Å²) in [6, 6.07) is 9.15. The second-order valence-electron chi connectivity index (χ2n) is 5.58. The fourth-order valence-corrected chi connectivity index (χ4v) is 2.31. The zero-order chi connectivity index (χ0) is 15.2. The van der Waals surface area contributed by atoms with Crippen LogP contribution in [0.25, 0.3) is 0 Å². The number of ether oxygens (including phenoxy) is 1. The molecule has 1 aromatic rings. The van der Waals surface area contributed by atoms with Crippen molar-refractivity contribution in [3.05, 3.63) is 35.9 Å². The van der Waals surface area contributed by atoms with E-state index in [2.05, 4.69) is 19.2 Å². The van der Waals surface area contributed by atoms with E-state index in [0.717, 1.165) is 6.42 Å². The van der Waals surface area contributed by atoms with Crippen LogP contribution >= 0.6 is 0 Å². The molecule has 0 aliphatic heterocycles. The number of aliphatic carboxylic acids is 1. The van der Waals surface area contributed by atoms with Crippen LogP contribution in [0.15, 0.2) is 30.3 Å². The van der Waals surface area contributed by atoms with Gasteiger partial charge >= 0.3 is 5.97 Å². The second kappa shape index (κ2) is 7.41. The van der Waals surface area contributed by atoms with E-state index in [0.29, 0.717) is 11.5 Å². The third kappa shape index (κ3) is 4.05. The van der Waals surface area contributed by atoms with Crippen LogP contribution < -0.4 is 5.32 Å². The molecule has 0 saturated heterocycles. The zero-order valence-corrected chi connectivity index (χ0v) is 12.7. The van der Waals surface area contributed by atoms with Gasteiger partial charge in [-0.25, -0.2) is 4.79 Å². The number of benzene rings is 1. The van der Waals surface area contributed by atoms with Crippen molar-refractivity contribution in [2.24, 2.45) is 5.92 Å². The maximum atomic E-state index is 11.7. The Morgan fingerprint density at radius 3 is 2.35 bits per heavy atom. The van der Waals surface area contributed by atoms with Crippen LogP contribution in [0.2, 0.25) is 0 Å². The van der Waals surface area contributed by atoms with Crippen molar-refractivity contribution < 1.29 is 14.6 Å². The summed E-state index contributed by atoms with van der Waals surface area (Å²) in [6.07, 6.45) is 0.944. The molecule has 0 bridgehead atoms. The first-order valence-electron chi connectivity index (χ1n) is 7.01. The lowest BCUT2D eigenvalue weighted by Gasteiger charge is -2.31. The van der Waals surface area contributed by atoms with Crippen molar-refractivity contribution >= 4 is 5.97 Å². The summed E-state index contributed by atoms with van der Waals surface area (Å²) in [5, 5.41) is 12.5. The van der Waals surface area contributed by atoms with Gasteiger partial charge in [-0.05, 0) is 31.9 Å². The molecule has 0 heterocycles. The molecule has 2 N–H and O–H groups in total. The van der Waals surface area contributed by atoms with Gasteiger partial charge in [0, 0.05) is 0 Å². The molecule has 0 radical (unpaired) electrons. The Morgan fingerprint density at radius 1 is 1.30 bits per heavy atom. The monoisotopic (exact) mass is 279 g/mol. The van der Waals surface area contributed by atoms with Crippen LogP contribution in [-0.4, -0.2) is 30.8 Å². The molecule has 4 nitrogen and oxygen atoms in total. The number of hydrogen-bond donors (Lipinski definition) is 2. The average molecular weight is 279 g/mol. The summed E-state index contributed by atoms with van der Waals surface area (Å²) >= 11 is 0. The number of carboxylic acids is 1. The summed E-state index contributed by atoms with van der Waals surface area (Å²) in [4.78, 5) is 11.7. The largest absolute Gasteiger partial charge is 0.480 e. The third-order valence-corrected chi connectivity index (χ3v) is 3.45. The Balaban J connectivity index is 2.88. The summed E-state index contributed by atoms with van der Waals surface area (Å²) in [5.41, 5.74) is -0.501. The SMILES string of the molecule is CNC(COC(C)CC(C)C)(C(=O)O)c1ccccc1. The minimum absolute atomic E-state index is 0.0331. The molecule has 20 heavy (non-hydrogen) atoms. The lowest BCUT2D eigenvalue weighted by atomic mass is 9.91. The zero-order valence-electron chi connectivity index (χ0n) is 12.7. The van der Waals surface area contributed by atoms with E-state index in [9.17, 15) is 9.90 Å². The summed E-state index contributed by atoms with van der Waals surface area (Å²) < 4.78 is 5.78. The Labute approximate surface area is 121 Å². The fourth-order valence-electron chi connectivity index (χ4n) is 2.31. The molecular weight excluding hydrogens is 254 g/mol. The van der Waals surface area contributed by atoms with Gasteiger partial charge in [-0.15, -0.1) is 0 Å². The van der Waals surface area contributed by atoms with Gasteiger partial charge in [0.25, 0.3) is 0 Å². The van der Waals surface area contributed by atoms with Crippen LogP contribution in [-0.2, 0) is 15.1 Å². The Morgan fingerprint density at radius 2 is 1.90 bits per heavy atom. The molecular formula is C16H25NO3. The lowest BCUT2D eigenvalue weighted by Crippen LogP contribution is -2.51. The van der Waals surface area contributed by atoms with Crippen molar-refractivity contribution in [1.29, 1.82) is 0 Å². The summed E-state index contributed by atoms with van der Waals surface area (Å²) in [7, 11) is 1.65. The van der Waals surface area contributed by atoms with Gasteiger partial charge in [0.15, 0.2) is 5.54 Å². The third-order valence-electron chi connectivity index (χ3n) is 3.45. The van der Waals surface area contributed by atoms with E-state index in [4.69, 9.17) is 4.74 Å². The molecule has 0 aliphatic carbocycles. The van der Waals surface area contributed by atoms with Crippen molar-refractivity contribution in [2.75, 3.05) is 13.7 Å². The van der Waals surface area contributed by atoms with Gasteiger partial charge in [-0.3, -0.25) is 5.32 Å². The van der Waals surface area contributed by atoms with Crippen LogP contribution in [0.3, 0.4) is 0 Å². The maximum absolute atomic E-state index is 11.7. The number of rotatable bonds is 8. The van der Waals surface area contributed by atoms with Gasteiger partial charge in [-0.2, -0.15) is 0 Å². The highest BCUT2D eigenvalue weighted by Crippen LogP contribution is 2.23. The summed E-state index contributed by atoms with van der Waals surface area (Å²) in [6.45, 7) is 6.34. The highest BCUT2D eigenvalue weighted by molar-refractivity contribution is 5.81. The summed E-state index contributed by atoms with van der Waals surface area (Å²) in [5.74, 6) is -0.404. The molecule has 2 atom stereocenters. The molecule has 1 aromatic carbocycles. The first-order chi connectivity index (χ1) is 9.42. The Bertz CT molecular complexity index is 419. The van der Waals surface area contributed by atoms with Gasteiger partial charge in [0.2, 0.25) is 0 Å². The quantitative estimate of drug-likeness (QED) is 0.768. The molecule has 112 valence electrons. The normalized spacial score (nSPS) is 15.8. The van der Waals surface area contributed by atoms with Gasteiger partial charge in [0.05, 0.1) is 12.7 Å². The van der Waals surface area contributed by atoms with Gasteiger partial charge < -0.3 is 9.84 Å². The Hall–Kier alpha value is -1.39. The number of carboxylic acid groups (broad SMARTS) is 1. The molecule has 0 spiro atoms. The van der Waals surface area contributed by atoms with E-state index in [1.807, 2.05) is 25.1 Å². The standard InChI is InChI=1S/C16H25NO3/c1-12(2)10-13(3)20-11-16(17-4,15(18)19)14-8-6-5-7-9-14/h5-9,12-13,17H,10-11H2,1-4H3,(H,18,19). The number of hydrogen-bond acceptors (Lipinski definition) is 3. The molecule has 0 aliphatic rings. The van der Waals surface area contributed by atoms with Crippen molar-refractivity contribution in [3.8, 4) is 0 Å². The van der Waals surface area contributed by atoms with Gasteiger partial charge in [-0.1, -0.05) is 44.2 Å². The topological polar surface area (TPSA) is 58.6 Å². The second-order valence-corrected chi connectivity index (χ2v) is 5.58. The lowest BCUT2D eigenvalue weighted by molar-refractivity contribution is -0.149. The minimum Gasteiger partial charge on any atom is -0.480 e. The van der Waals surface area contributed by atoms with Crippen molar-refractivity contribution in [2.45, 2.75) is 38.8 Å². The molecule has 0 saturated carbocycles. The highest BCUT2D eigenvalue weighted by atomic mass is 16.5.